The predicted molar refractivity (Wildman–Crippen MR) is 67.8 cm³/mol. The van der Waals surface area contributed by atoms with Crippen LogP contribution in [-0.4, -0.2) is 53.1 Å². The maximum absolute atomic E-state index is 11.7. The molecule has 2 amide bonds. The van der Waals surface area contributed by atoms with Crippen molar-refractivity contribution in [3.05, 3.63) is 12.3 Å². The number of nitrogens with two attached hydrogens (primary N) is 1. The Bertz CT molecular complexity index is 459. The molecule has 0 aromatic rings. The lowest BCUT2D eigenvalue weighted by Crippen LogP contribution is -2.39. The van der Waals surface area contributed by atoms with Crippen molar-refractivity contribution in [3.8, 4) is 0 Å². The molecule has 0 saturated heterocycles. The summed E-state index contributed by atoms with van der Waals surface area (Å²) in [7, 11) is -4.26. The van der Waals surface area contributed by atoms with Crippen LogP contribution in [0.5, 0.6) is 0 Å². The van der Waals surface area contributed by atoms with Crippen LogP contribution in [0.15, 0.2) is 12.3 Å². The number of aliphatic hydroxyl groups excluding tert-OH is 1. The lowest BCUT2D eigenvalue weighted by Gasteiger charge is -2.19. The quantitative estimate of drug-likeness (QED) is 0.422. The van der Waals surface area contributed by atoms with Crippen LogP contribution in [0.2, 0.25) is 0 Å². The van der Waals surface area contributed by atoms with Gasteiger partial charge in [0, 0.05) is 19.9 Å². The van der Waals surface area contributed by atoms with Gasteiger partial charge >= 0.3 is 0 Å². The Kier molecular flexibility index (Phi) is 6.67. The monoisotopic (exact) mass is 294 g/mol. The Morgan fingerprint density at radius 3 is 2.32 bits per heavy atom. The fourth-order valence-electron chi connectivity index (χ4n) is 1.24. The van der Waals surface area contributed by atoms with E-state index in [2.05, 4.69) is 6.58 Å². The van der Waals surface area contributed by atoms with Crippen LogP contribution in [0.4, 0.5) is 0 Å². The molecule has 0 fully saturated rings. The normalized spacial score (nSPS) is 12.8. The smallest absolute Gasteiger partial charge is 0.266 e. The highest BCUT2D eigenvalue weighted by Crippen LogP contribution is 2.05. The van der Waals surface area contributed by atoms with Crippen molar-refractivity contribution in [2.45, 2.75) is 25.8 Å². The molecular weight excluding hydrogens is 276 g/mol. The van der Waals surface area contributed by atoms with E-state index in [0.29, 0.717) is 4.90 Å². The van der Waals surface area contributed by atoms with Gasteiger partial charge in [-0.2, -0.15) is 8.42 Å². The maximum Gasteiger partial charge on any atom is 0.266 e. The average molecular weight is 294 g/mol. The van der Waals surface area contributed by atoms with Gasteiger partial charge in [0.25, 0.3) is 10.1 Å². The molecule has 1 unspecified atom stereocenters. The SMILES string of the molecule is C=C(O)C(N)CCC(=O)N(CCS(=O)(=O)O)C(C)=O. The Hall–Kier alpha value is -1.45. The van der Waals surface area contributed by atoms with Crippen LogP contribution in [0.1, 0.15) is 19.8 Å². The standard InChI is InChI=1S/C10H18N2O6S/c1-7(13)9(11)3-4-10(15)12(8(2)14)5-6-19(16,17)18/h9,13H,1,3-6,11H2,2H3,(H,16,17,18). The summed E-state index contributed by atoms with van der Waals surface area (Å²) in [4.78, 5) is 23.6. The number of rotatable bonds is 7. The fourth-order valence-corrected chi connectivity index (χ4v) is 1.66. The number of hydrogen-bond acceptors (Lipinski definition) is 6. The molecule has 19 heavy (non-hydrogen) atoms. The molecule has 0 aliphatic rings. The molecule has 1 atom stereocenters. The zero-order valence-corrected chi connectivity index (χ0v) is 11.4. The molecule has 0 aromatic heterocycles. The van der Waals surface area contributed by atoms with Gasteiger partial charge in [-0.05, 0) is 6.42 Å². The molecule has 0 saturated carbocycles. The molecule has 0 aliphatic heterocycles. The van der Waals surface area contributed by atoms with Crippen LogP contribution >= 0.6 is 0 Å². The highest BCUT2D eigenvalue weighted by Gasteiger charge is 2.21. The molecule has 110 valence electrons. The van der Waals surface area contributed by atoms with E-state index in [1.807, 2.05) is 0 Å². The predicted octanol–water partition coefficient (Wildman–Crippen LogP) is -0.571. The van der Waals surface area contributed by atoms with E-state index in [9.17, 15) is 18.0 Å². The lowest BCUT2D eigenvalue weighted by atomic mass is 10.1. The zero-order valence-electron chi connectivity index (χ0n) is 10.6. The second-order valence-electron chi connectivity index (χ2n) is 3.99. The fraction of sp³-hybridized carbons (Fsp3) is 0.600. The topological polar surface area (TPSA) is 138 Å². The molecule has 0 spiro atoms. The first-order valence-electron chi connectivity index (χ1n) is 5.44. The van der Waals surface area contributed by atoms with E-state index in [-0.39, 0.29) is 18.6 Å². The van der Waals surface area contributed by atoms with Crippen LogP contribution in [0, 0.1) is 0 Å². The molecule has 0 bridgehead atoms. The van der Waals surface area contributed by atoms with E-state index >= 15 is 0 Å². The second-order valence-corrected chi connectivity index (χ2v) is 5.56. The summed E-state index contributed by atoms with van der Waals surface area (Å²) in [6.45, 7) is 3.88. The van der Waals surface area contributed by atoms with Crippen LogP contribution in [0.25, 0.3) is 0 Å². The number of hydrogen-bond donors (Lipinski definition) is 3. The van der Waals surface area contributed by atoms with Gasteiger partial charge in [-0.1, -0.05) is 6.58 Å². The maximum atomic E-state index is 11.7. The highest BCUT2D eigenvalue weighted by molar-refractivity contribution is 7.85. The molecule has 8 nitrogen and oxygen atoms in total. The van der Waals surface area contributed by atoms with Gasteiger partial charge in [0.1, 0.15) is 5.76 Å². The number of carbonyl (C=O) groups is 2. The molecule has 0 rings (SSSR count). The van der Waals surface area contributed by atoms with Crippen molar-refractivity contribution in [1.82, 2.24) is 4.90 Å². The first kappa shape index (κ1) is 17.6. The third-order valence-corrected chi connectivity index (χ3v) is 3.05. The average Bonchev–Trinajstić information content (AvgIpc) is 2.23. The first-order chi connectivity index (χ1) is 8.54. The molecule has 4 N–H and O–H groups in total. The van der Waals surface area contributed by atoms with E-state index in [1.54, 1.807) is 0 Å². The summed E-state index contributed by atoms with van der Waals surface area (Å²) in [6, 6.07) is -0.792. The van der Waals surface area contributed by atoms with Gasteiger partial charge in [-0.25, -0.2) is 0 Å². The van der Waals surface area contributed by atoms with Crippen molar-refractivity contribution in [1.29, 1.82) is 0 Å². The zero-order chi connectivity index (χ0) is 15.2. The van der Waals surface area contributed by atoms with E-state index in [0.717, 1.165) is 6.92 Å². The number of imide groups is 1. The summed E-state index contributed by atoms with van der Waals surface area (Å²) in [5.41, 5.74) is 5.44. The summed E-state index contributed by atoms with van der Waals surface area (Å²) in [6.07, 6.45) is -0.0738. The molecule has 0 aliphatic carbocycles. The summed E-state index contributed by atoms with van der Waals surface area (Å²) < 4.78 is 29.7. The number of aliphatic hydroxyl groups is 1. The van der Waals surface area contributed by atoms with Gasteiger partial charge in [0.2, 0.25) is 11.8 Å². The van der Waals surface area contributed by atoms with Crippen LogP contribution in [0.3, 0.4) is 0 Å². The minimum atomic E-state index is -4.26. The Balaban J connectivity index is 4.51. The molecule has 9 heteroatoms. The van der Waals surface area contributed by atoms with Crippen LogP contribution in [-0.2, 0) is 19.7 Å². The largest absolute Gasteiger partial charge is 0.511 e. The van der Waals surface area contributed by atoms with Crippen molar-refractivity contribution in [3.63, 3.8) is 0 Å². The first-order valence-corrected chi connectivity index (χ1v) is 7.05. The third-order valence-electron chi connectivity index (χ3n) is 2.35. The molecular formula is C10H18N2O6S. The van der Waals surface area contributed by atoms with Crippen molar-refractivity contribution in [2.24, 2.45) is 5.73 Å². The van der Waals surface area contributed by atoms with Crippen molar-refractivity contribution in [2.75, 3.05) is 12.3 Å². The Labute approximate surface area is 111 Å². The van der Waals surface area contributed by atoms with Crippen molar-refractivity contribution >= 4 is 21.9 Å². The second kappa shape index (κ2) is 7.22. The number of amides is 2. The van der Waals surface area contributed by atoms with E-state index < -0.39 is 40.3 Å². The molecule has 0 radical (unpaired) electrons. The van der Waals surface area contributed by atoms with E-state index in [1.165, 1.54) is 0 Å². The summed E-state index contributed by atoms with van der Waals surface area (Å²) in [5, 5.41) is 8.97. The summed E-state index contributed by atoms with van der Waals surface area (Å²) >= 11 is 0. The highest BCUT2D eigenvalue weighted by atomic mass is 32.2. The Morgan fingerprint density at radius 1 is 1.42 bits per heavy atom. The Morgan fingerprint density at radius 2 is 1.95 bits per heavy atom. The summed E-state index contributed by atoms with van der Waals surface area (Å²) in [5.74, 6) is -2.27. The van der Waals surface area contributed by atoms with Gasteiger partial charge < -0.3 is 10.8 Å². The minimum absolute atomic E-state index is 0.0732. The van der Waals surface area contributed by atoms with Gasteiger partial charge in [-0.3, -0.25) is 19.0 Å². The molecule has 0 heterocycles. The van der Waals surface area contributed by atoms with Crippen molar-refractivity contribution < 1.29 is 27.7 Å². The minimum Gasteiger partial charge on any atom is -0.511 e. The van der Waals surface area contributed by atoms with Gasteiger partial charge in [0.15, 0.2) is 0 Å². The lowest BCUT2D eigenvalue weighted by molar-refractivity contribution is -0.143. The molecule has 0 aromatic carbocycles. The number of nitrogens with zero attached hydrogens (tertiary/aromatic N) is 1. The number of carbonyl (C=O) groups excluding carboxylic acids is 2. The van der Waals surface area contributed by atoms with Gasteiger partial charge in [0.05, 0.1) is 11.8 Å². The van der Waals surface area contributed by atoms with Crippen LogP contribution < -0.4 is 5.73 Å². The third kappa shape index (κ3) is 7.54. The van der Waals surface area contributed by atoms with Gasteiger partial charge in [-0.15, -0.1) is 0 Å². The van der Waals surface area contributed by atoms with E-state index in [4.69, 9.17) is 15.4 Å².